The van der Waals surface area contributed by atoms with Crippen LogP contribution in [0.5, 0.6) is 5.75 Å². The molecule has 68 valence electrons. The Morgan fingerprint density at radius 1 is 1.54 bits per heavy atom. The van der Waals surface area contributed by atoms with Crippen LogP contribution in [0.1, 0.15) is 5.56 Å². The van der Waals surface area contributed by atoms with Gasteiger partial charge in [-0.05, 0) is 28.7 Å². The van der Waals surface area contributed by atoms with Gasteiger partial charge >= 0.3 is 0 Å². The Balaban J connectivity index is 2.71. The molecule has 4 heteroatoms. The summed E-state index contributed by atoms with van der Waals surface area (Å²) in [5, 5.41) is 13.5. The fraction of sp³-hybridized carbons (Fsp3) is 0.111. The van der Waals surface area contributed by atoms with Crippen molar-refractivity contribution in [3.05, 3.63) is 26.3 Å². The fourth-order valence-corrected chi connectivity index (χ4v) is 2.34. The second kappa shape index (κ2) is 3.38. The van der Waals surface area contributed by atoms with Gasteiger partial charge in [-0.2, -0.15) is 0 Å². The number of hydrogen-bond donors (Lipinski definition) is 2. The Bertz CT molecular complexity index is 390. The lowest BCUT2D eigenvalue weighted by Gasteiger charge is -2.16. The highest BCUT2D eigenvalue weighted by Gasteiger charge is 2.15. The van der Waals surface area contributed by atoms with Gasteiger partial charge in [0.1, 0.15) is 0 Å². The van der Waals surface area contributed by atoms with Crippen molar-refractivity contribution < 1.29 is 5.11 Å². The summed E-state index contributed by atoms with van der Waals surface area (Å²) in [6, 6.07) is 1.76. The van der Waals surface area contributed by atoms with Gasteiger partial charge in [-0.1, -0.05) is 23.8 Å². The molecule has 1 heterocycles. The van der Waals surface area contributed by atoms with Crippen molar-refractivity contribution in [2.45, 2.75) is 0 Å². The van der Waals surface area contributed by atoms with Gasteiger partial charge < -0.3 is 10.4 Å². The summed E-state index contributed by atoms with van der Waals surface area (Å²) in [6.07, 6.45) is 3.89. The molecule has 1 aromatic carbocycles. The van der Waals surface area contributed by atoms with E-state index in [0.29, 0.717) is 5.02 Å². The van der Waals surface area contributed by atoms with E-state index in [2.05, 4.69) is 27.9 Å². The van der Waals surface area contributed by atoms with E-state index in [1.54, 1.807) is 6.07 Å². The maximum absolute atomic E-state index is 9.71. The number of benzene rings is 1. The van der Waals surface area contributed by atoms with Gasteiger partial charge in [0.05, 0.1) is 14.3 Å². The van der Waals surface area contributed by atoms with Crippen molar-refractivity contribution in [2.24, 2.45) is 0 Å². The van der Waals surface area contributed by atoms with Gasteiger partial charge in [-0.3, -0.25) is 0 Å². The Kier molecular flexibility index (Phi) is 2.38. The SMILES string of the molecule is Oc1c(I)cc(Cl)c2c1NCC=C2. The predicted octanol–water partition coefficient (Wildman–Crippen LogP) is 3.09. The van der Waals surface area contributed by atoms with Crippen molar-refractivity contribution in [1.29, 1.82) is 0 Å². The maximum atomic E-state index is 9.71. The molecule has 1 aliphatic heterocycles. The summed E-state index contributed by atoms with van der Waals surface area (Å²) >= 11 is 8.07. The zero-order valence-electron chi connectivity index (χ0n) is 6.64. The molecule has 0 aromatic heterocycles. The molecular weight excluding hydrogens is 300 g/mol. The van der Waals surface area contributed by atoms with Gasteiger partial charge in [0.2, 0.25) is 0 Å². The van der Waals surface area contributed by atoms with Crippen molar-refractivity contribution in [3.63, 3.8) is 0 Å². The number of phenolic OH excluding ortho intramolecular Hbond substituents is 1. The Hall–Kier alpha value is -0.420. The van der Waals surface area contributed by atoms with Crippen LogP contribution in [-0.4, -0.2) is 11.7 Å². The van der Waals surface area contributed by atoms with Crippen LogP contribution in [0, 0.1) is 3.57 Å². The van der Waals surface area contributed by atoms with Crippen molar-refractivity contribution in [3.8, 4) is 5.75 Å². The first kappa shape index (κ1) is 9.15. The molecular formula is C9H7ClINO. The molecule has 0 radical (unpaired) electrons. The topological polar surface area (TPSA) is 32.3 Å². The number of nitrogens with one attached hydrogen (secondary N) is 1. The molecule has 0 amide bonds. The molecule has 2 N–H and O–H groups in total. The number of halogens is 2. The van der Waals surface area contributed by atoms with E-state index in [9.17, 15) is 5.11 Å². The summed E-state index contributed by atoms with van der Waals surface area (Å²) < 4.78 is 0.768. The van der Waals surface area contributed by atoms with E-state index in [0.717, 1.165) is 21.4 Å². The smallest absolute Gasteiger partial charge is 0.152 e. The summed E-state index contributed by atoms with van der Waals surface area (Å²) in [5.41, 5.74) is 1.60. The third kappa shape index (κ3) is 1.50. The van der Waals surface area contributed by atoms with E-state index >= 15 is 0 Å². The summed E-state index contributed by atoms with van der Waals surface area (Å²) in [4.78, 5) is 0. The standard InChI is InChI=1S/C9H7ClINO/c10-6-4-7(11)9(13)8-5(6)2-1-3-12-8/h1-2,4,12-13H,3H2. The van der Waals surface area contributed by atoms with Crippen LogP contribution in [0.25, 0.3) is 6.08 Å². The van der Waals surface area contributed by atoms with Crippen LogP contribution >= 0.6 is 34.2 Å². The lowest BCUT2D eigenvalue weighted by Crippen LogP contribution is -2.05. The second-order valence-electron chi connectivity index (χ2n) is 2.76. The largest absolute Gasteiger partial charge is 0.505 e. The molecule has 13 heavy (non-hydrogen) atoms. The van der Waals surface area contributed by atoms with Crippen LogP contribution in [0.4, 0.5) is 5.69 Å². The molecule has 1 aromatic rings. The average molecular weight is 308 g/mol. The van der Waals surface area contributed by atoms with E-state index in [-0.39, 0.29) is 5.75 Å². The molecule has 2 rings (SSSR count). The van der Waals surface area contributed by atoms with Gasteiger partial charge in [-0.25, -0.2) is 0 Å². The molecule has 0 saturated heterocycles. The number of anilines is 1. The lowest BCUT2D eigenvalue weighted by atomic mass is 10.1. The zero-order chi connectivity index (χ0) is 9.42. The molecule has 0 atom stereocenters. The minimum Gasteiger partial charge on any atom is -0.505 e. The van der Waals surface area contributed by atoms with Crippen LogP contribution in [0.15, 0.2) is 12.1 Å². The van der Waals surface area contributed by atoms with Gasteiger partial charge in [0.15, 0.2) is 5.75 Å². The molecule has 0 saturated carbocycles. The van der Waals surface area contributed by atoms with Crippen LogP contribution in [-0.2, 0) is 0 Å². The monoisotopic (exact) mass is 307 g/mol. The minimum atomic E-state index is 0.282. The first-order chi connectivity index (χ1) is 6.20. The van der Waals surface area contributed by atoms with E-state index in [4.69, 9.17) is 11.6 Å². The molecule has 2 nitrogen and oxygen atoms in total. The highest BCUT2D eigenvalue weighted by Crippen LogP contribution is 2.39. The summed E-state index contributed by atoms with van der Waals surface area (Å²) in [7, 11) is 0. The second-order valence-corrected chi connectivity index (χ2v) is 4.33. The molecule has 0 aliphatic carbocycles. The van der Waals surface area contributed by atoms with Crippen molar-refractivity contribution >= 4 is 46.0 Å². The normalized spacial score (nSPS) is 13.7. The van der Waals surface area contributed by atoms with Gasteiger partial charge in [0, 0.05) is 12.1 Å². The zero-order valence-corrected chi connectivity index (χ0v) is 9.56. The first-order valence-electron chi connectivity index (χ1n) is 3.81. The van der Waals surface area contributed by atoms with Crippen molar-refractivity contribution in [1.82, 2.24) is 0 Å². The summed E-state index contributed by atoms with van der Waals surface area (Å²) in [6.45, 7) is 0.733. The highest BCUT2D eigenvalue weighted by atomic mass is 127. The minimum absolute atomic E-state index is 0.282. The van der Waals surface area contributed by atoms with E-state index in [1.165, 1.54) is 0 Å². The molecule has 0 fully saturated rings. The van der Waals surface area contributed by atoms with Gasteiger partial charge in [0.25, 0.3) is 0 Å². The van der Waals surface area contributed by atoms with E-state index in [1.807, 2.05) is 12.2 Å². The molecule has 0 spiro atoms. The quantitative estimate of drug-likeness (QED) is 0.570. The summed E-state index contributed by atoms with van der Waals surface area (Å²) in [5.74, 6) is 0.282. The maximum Gasteiger partial charge on any atom is 0.152 e. The molecule has 0 bridgehead atoms. The van der Waals surface area contributed by atoms with Crippen LogP contribution in [0.2, 0.25) is 5.02 Å². The number of fused-ring (bicyclic) bond motifs is 1. The number of phenols is 1. The first-order valence-corrected chi connectivity index (χ1v) is 5.27. The average Bonchev–Trinajstić information content (AvgIpc) is 2.15. The number of hydrogen-bond acceptors (Lipinski definition) is 2. The predicted molar refractivity (Wildman–Crippen MR) is 63.4 cm³/mol. The molecule has 0 unspecified atom stereocenters. The third-order valence-electron chi connectivity index (χ3n) is 1.92. The Morgan fingerprint density at radius 2 is 2.31 bits per heavy atom. The third-order valence-corrected chi connectivity index (χ3v) is 3.06. The lowest BCUT2D eigenvalue weighted by molar-refractivity contribution is 0.473. The van der Waals surface area contributed by atoms with E-state index < -0.39 is 0 Å². The molecule has 1 aliphatic rings. The van der Waals surface area contributed by atoms with Crippen LogP contribution in [0.3, 0.4) is 0 Å². The van der Waals surface area contributed by atoms with Gasteiger partial charge in [-0.15, -0.1) is 0 Å². The highest BCUT2D eigenvalue weighted by molar-refractivity contribution is 14.1. The Morgan fingerprint density at radius 3 is 3.08 bits per heavy atom. The fourth-order valence-electron chi connectivity index (χ4n) is 1.30. The van der Waals surface area contributed by atoms with Crippen molar-refractivity contribution in [2.75, 3.05) is 11.9 Å². The van der Waals surface area contributed by atoms with Crippen LogP contribution < -0.4 is 5.32 Å². The Labute approximate surface area is 94.7 Å². The number of rotatable bonds is 0. The number of aromatic hydroxyl groups is 1.